The molecule has 0 bridgehead atoms. The summed E-state index contributed by atoms with van der Waals surface area (Å²) in [6.07, 6.45) is 6.70. The summed E-state index contributed by atoms with van der Waals surface area (Å²) < 4.78 is 14.1. The Hall–Kier alpha value is -2.35. The van der Waals surface area contributed by atoms with Crippen molar-refractivity contribution >= 4 is 27.8 Å². The normalized spacial score (nSPS) is 19.8. The molecule has 8 heteroatoms. The highest BCUT2D eigenvalue weighted by Crippen LogP contribution is 2.40. The molecule has 1 saturated carbocycles. The fraction of sp³-hybridized carbons (Fsp3) is 0.450. The van der Waals surface area contributed by atoms with Gasteiger partial charge in [0.05, 0.1) is 12.7 Å². The van der Waals surface area contributed by atoms with Crippen molar-refractivity contribution in [2.45, 2.75) is 51.2 Å². The number of halogens is 1. The molecule has 0 spiro atoms. The number of benzene rings is 1. The minimum Gasteiger partial charge on any atom is -0.496 e. The molecule has 0 saturated heterocycles. The lowest BCUT2D eigenvalue weighted by Gasteiger charge is -2.30. The minimum atomic E-state index is -0.484. The van der Waals surface area contributed by atoms with Gasteiger partial charge in [0, 0.05) is 15.7 Å². The standard InChI is InChI=1S/C20H23BrN4O3/c1-12-17(19(26)28-14-6-4-3-5-7-14)18(25-20(24-12)22-11-23-25)15-10-13(21)8-9-16(15)27-2/h8-11,14,18H,3-7H2,1-2H3,(H,22,23,24)/t18-/m1/s1. The van der Waals surface area contributed by atoms with Crippen molar-refractivity contribution in [3.63, 3.8) is 0 Å². The van der Waals surface area contributed by atoms with Gasteiger partial charge in [-0.05, 0) is 50.8 Å². The second kappa shape index (κ2) is 7.95. The Morgan fingerprint density at radius 2 is 2.07 bits per heavy atom. The van der Waals surface area contributed by atoms with Gasteiger partial charge in [0.1, 0.15) is 24.2 Å². The van der Waals surface area contributed by atoms with Crippen LogP contribution < -0.4 is 10.1 Å². The van der Waals surface area contributed by atoms with Crippen LogP contribution in [-0.4, -0.2) is 33.9 Å². The summed E-state index contributed by atoms with van der Waals surface area (Å²) in [6.45, 7) is 1.87. The zero-order valence-corrected chi connectivity index (χ0v) is 17.5. The number of esters is 1. The molecule has 1 aromatic carbocycles. The molecule has 1 aliphatic carbocycles. The third kappa shape index (κ3) is 3.53. The summed E-state index contributed by atoms with van der Waals surface area (Å²) in [5.41, 5.74) is 2.06. The van der Waals surface area contributed by atoms with Crippen LogP contribution in [0.2, 0.25) is 0 Å². The first-order chi connectivity index (χ1) is 13.6. The van der Waals surface area contributed by atoms with Gasteiger partial charge in [0.2, 0.25) is 5.95 Å². The number of rotatable bonds is 4. The molecule has 0 radical (unpaired) electrons. The van der Waals surface area contributed by atoms with E-state index in [1.54, 1.807) is 11.8 Å². The molecule has 1 fully saturated rings. The van der Waals surface area contributed by atoms with Crippen molar-refractivity contribution in [2.24, 2.45) is 0 Å². The van der Waals surface area contributed by atoms with Crippen molar-refractivity contribution < 1.29 is 14.3 Å². The van der Waals surface area contributed by atoms with Crippen LogP contribution in [0.25, 0.3) is 0 Å². The van der Waals surface area contributed by atoms with E-state index in [-0.39, 0.29) is 12.1 Å². The van der Waals surface area contributed by atoms with Gasteiger partial charge in [-0.1, -0.05) is 22.4 Å². The first-order valence-electron chi connectivity index (χ1n) is 9.50. The van der Waals surface area contributed by atoms with Crippen molar-refractivity contribution in [2.75, 3.05) is 12.4 Å². The first-order valence-corrected chi connectivity index (χ1v) is 10.3. The molecule has 1 aliphatic heterocycles. The smallest absolute Gasteiger partial charge is 0.338 e. The van der Waals surface area contributed by atoms with Gasteiger partial charge < -0.3 is 14.8 Å². The van der Waals surface area contributed by atoms with E-state index in [4.69, 9.17) is 9.47 Å². The number of ether oxygens (including phenoxy) is 2. The topological polar surface area (TPSA) is 78.3 Å². The predicted octanol–water partition coefficient (Wildman–Crippen LogP) is 4.21. The number of nitrogens with one attached hydrogen (secondary N) is 1. The summed E-state index contributed by atoms with van der Waals surface area (Å²) in [7, 11) is 1.62. The van der Waals surface area contributed by atoms with Crippen LogP contribution in [0.15, 0.2) is 40.3 Å². The Morgan fingerprint density at radius 3 is 2.82 bits per heavy atom. The maximum Gasteiger partial charge on any atom is 0.338 e. The molecule has 7 nitrogen and oxygen atoms in total. The molecule has 1 N–H and O–H groups in total. The van der Waals surface area contributed by atoms with Gasteiger partial charge in [-0.25, -0.2) is 9.48 Å². The number of nitrogens with zero attached hydrogens (tertiary/aromatic N) is 3. The van der Waals surface area contributed by atoms with Crippen LogP contribution in [0.5, 0.6) is 5.75 Å². The number of carbonyl (C=O) groups is 1. The van der Waals surface area contributed by atoms with E-state index in [2.05, 4.69) is 31.3 Å². The molecule has 1 atom stereocenters. The first kappa shape index (κ1) is 19.0. The molecule has 0 amide bonds. The van der Waals surface area contributed by atoms with E-state index in [9.17, 15) is 4.79 Å². The zero-order chi connectivity index (χ0) is 19.7. The lowest BCUT2D eigenvalue weighted by atomic mass is 9.94. The van der Waals surface area contributed by atoms with Crippen molar-refractivity contribution in [1.82, 2.24) is 14.8 Å². The van der Waals surface area contributed by atoms with E-state index in [0.29, 0.717) is 23.0 Å². The quantitative estimate of drug-likeness (QED) is 0.708. The Morgan fingerprint density at radius 1 is 1.29 bits per heavy atom. The van der Waals surface area contributed by atoms with Crippen LogP contribution in [-0.2, 0) is 9.53 Å². The summed E-state index contributed by atoms with van der Waals surface area (Å²) in [5.74, 6) is 0.941. The van der Waals surface area contributed by atoms with E-state index in [1.807, 2.05) is 25.1 Å². The number of hydrogen-bond acceptors (Lipinski definition) is 6. The van der Waals surface area contributed by atoms with Crippen molar-refractivity contribution in [3.8, 4) is 5.75 Å². The average Bonchev–Trinajstić information content (AvgIpc) is 3.15. The van der Waals surface area contributed by atoms with Crippen molar-refractivity contribution in [1.29, 1.82) is 0 Å². The van der Waals surface area contributed by atoms with E-state index in [1.165, 1.54) is 12.7 Å². The molecule has 0 unspecified atom stereocenters. The third-order valence-electron chi connectivity index (χ3n) is 5.33. The highest BCUT2D eigenvalue weighted by atomic mass is 79.9. The zero-order valence-electron chi connectivity index (χ0n) is 15.9. The van der Waals surface area contributed by atoms with Crippen molar-refractivity contribution in [3.05, 3.63) is 45.8 Å². The summed E-state index contributed by atoms with van der Waals surface area (Å²) >= 11 is 3.53. The van der Waals surface area contributed by atoms with Gasteiger partial charge >= 0.3 is 5.97 Å². The van der Waals surface area contributed by atoms with Crippen LogP contribution in [0, 0.1) is 0 Å². The maximum atomic E-state index is 13.2. The number of aromatic nitrogens is 3. The SMILES string of the molecule is COc1ccc(Br)cc1[C@@H]1C(C(=O)OC2CCCCC2)=C(C)Nc2ncnn21. The van der Waals surface area contributed by atoms with Crippen LogP contribution in [0.1, 0.15) is 50.6 Å². The monoisotopic (exact) mass is 446 g/mol. The summed E-state index contributed by atoms with van der Waals surface area (Å²) in [6, 6.07) is 5.24. The van der Waals surface area contributed by atoms with Crippen LogP contribution in [0.4, 0.5) is 5.95 Å². The molecule has 2 aliphatic rings. The highest BCUT2D eigenvalue weighted by Gasteiger charge is 2.37. The van der Waals surface area contributed by atoms with Gasteiger partial charge in [-0.2, -0.15) is 10.1 Å². The molecule has 4 rings (SSSR count). The van der Waals surface area contributed by atoms with Crippen LogP contribution in [0.3, 0.4) is 0 Å². The number of allylic oxidation sites excluding steroid dienone is 1. The molecule has 1 aromatic heterocycles. The third-order valence-corrected chi connectivity index (χ3v) is 5.82. The average molecular weight is 447 g/mol. The Kier molecular flexibility index (Phi) is 5.39. The molecule has 148 valence electrons. The number of carbonyl (C=O) groups excluding carboxylic acids is 1. The second-order valence-corrected chi connectivity index (χ2v) is 8.06. The number of fused-ring (bicyclic) bond motifs is 1. The number of anilines is 1. The van der Waals surface area contributed by atoms with Gasteiger partial charge in [-0.15, -0.1) is 0 Å². The fourth-order valence-corrected chi connectivity index (χ4v) is 4.34. The van der Waals surface area contributed by atoms with Gasteiger partial charge in [0.15, 0.2) is 0 Å². The predicted molar refractivity (Wildman–Crippen MR) is 108 cm³/mol. The minimum absolute atomic E-state index is 0.0243. The maximum absolute atomic E-state index is 13.2. The van der Waals surface area contributed by atoms with Gasteiger partial charge in [0.25, 0.3) is 0 Å². The van der Waals surface area contributed by atoms with E-state index < -0.39 is 6.04 Å². The van der Waals surface area contributed by atoms with Gasteiger partial charge in [-0.3, -0.25) is 0 Å². The second-order valence-electron chi connectivity index (χ2n) is 7.15. The lowest BCUT2D eigenvalue weighted by Crippen LogP contribution is -2.32. The molecular weight excluding hydrogens is 424 g/mol. The number of hydrogen-bond donors (Lipinski definition) is 1. The Bertz CT molecular complexity index is 918. The largest absolute Gasteiger partial charge is 0.496 e. The lowest BCUT2D eigenvalue weighted by molar-refractivity contribution is -0.146. The van der Waals surface area contributed by atoms with E-state index in [0.717, 1.165) is 35.7 Å². The van der Waals surface area contributed by atoms with Crippen LogP contribution >= 0.6 is 15.9 Å². The Balaban J connectivity index is 1.76. The summed E-state index contributed by atoms with van der Waals surface area (Å²) in [4.78, 5) is 17.5. The molecule has 28 heavy (non-hydrogen) atoms. The molecule has 2 aromatic rings. The number of methoxy groups -OCH3 is 1. The van der Waals surface area contributed by atoms with E-state index >= 15 is 0 Å². The Labute approximate surface area is 172 Å². The summed E-state index contributed by atoms with van der Waals surface area (Å²) in [5, 5.41) is 7.54. The molecule has 2 heterocycles. The molecular formula is C20H23BrN4O3. The fourth-order valence-electron chi connectivity index (χ4n) is 3.96. The highest BCUT2D eigenvalue weighted by molar-refractivity contribution is 9.10.